The SMILES string of the molecule is C=C(OC)N(C)CC(C)C. The van der Waals surface area contributed by atoms with Crippen molar-refractivity contribution in [3.05, 3.63) is 12.5 Å². The minimum atomic E-state index is 0.650. The van der Waals surface area contributed by atoms with Crippen LogP contribution in [0.2, 0.25) is 0 Å². The molecule has 0 N–H and O–H groups in total. The maximum absolute atomic E-state index is 4.94. The van der Waals surface area contributed by atoms with Crippen LogP contribution >= 0.6 is 0 Å². The zero-order valence-corrected chi connectivity index (χ0v) is 7.35. The standard InChI is InChI=1S/C8H17NO/c1-7(2)6-9(4)8(3)10-5/h7H,3,6H2,1-2,4-5H3. The van der Waals surface area contributed by atoms with E-state index in [1.165, 1.54) is 0 Å². The molecule has 0 radical (unpaired) electrons. The maximum atomic E-state index is 4.94. The molecule has 0 aromatic carbocycles. The molecule has 0 bridgehead atoms. The molecule has 0 fully saturated rings. The zero-order chi connectivity index (χ0) is 8.15. The summed E-state index contributed by atoms with van der Waals surface area (Å²) in [6.07, 6.45) is 0. The highest BCUT2D eigenvalue weighted by atomic mass is 16.5. The summed E-state index contributed by atoms with van der Waals surface area (Å²) in [6, 6.07) is 0. The maximum Gasteiger partial charge on any atom is 0.181 e. The van der Waals surface area contributed by atoms with E-state index in [1.54, 1.807) is 7.11 Å². The Hall–Kier alpha value is -0.660. The largest absolute Gasteiger partial charge is 0.483 e. The Morgan fingerprint density at radius 2 is 2.10 bits per heavy atom. The number of rotatable bonds is 4. The molecule has 0 aliphatic rings. The molecule has 0 rings (SSSR count). The molecular weight excluding hydrogens is 126 g/mol. The molecule has 60 valence electrons. The highest BCUT2D eigenvalue weighted by molar-refractivity contribution is 4.80. The van der Waals surface area contributed by atoms with Crippen molar-refractivity contribution in [3.63, 3.8) is 0 Å². The fourth-order valence-corrected chi connectivity index (χ4v) is 0.805. The Morgan fingerprint density at radius 3 is 2.40 bits per heavy atom. The van der Waals surface area contributed by atoms with E-state index < -0.39 is 0 Å². The van der Waals surface area contributed by atoms with Gasteiger partial charge in [0.2, 0.25) is 0 Å². The van der Waals surface area contributed by atoms with Gasteiger partial charge < -0.3 is 9.64 Å². The minimum Gasteiger partial charge on any atom is -0.483 e. The number of ether oxygens (including phenoxy) is 1. The van der Waals surface area contributed by atoms with Crippen molar-refractivity contribution in [2.45, 2.75) is 13.8 Å². The van der Waals surface area contributed by atoms with Gasteiger partial charge in [-0.15, -0.1) is 0 Å². The Bertz CT molecular complexity index is 110. The van der Waals surface area contributed by atoms with Crippen LogP contribution in [0.5, 0.6) is 0 Å². The fourth-order valence-electron chi connectivity index (χ4n) is 0.805. The van der Waals surface area contributed by atoms with Gasteiger partial charge in [0.05, 0.1) is 7.11 Å². The molecule has 0 heterocycles. The second kappa shape index (κ2) is 4.20. The summed E-state index contributed by atoms with van der Waals surface area (Å²) in [5.41, 5.74) is 0. The molecule has 0 aliphatic carbocycles. The zero-order valence-electron chi connectivity index (χ0n) is 7.35. The van der Waals surface area contributed by atoms with E-state index in [-0.39, 0.29) is 0 Å². The van der Waals surface area contributed by atoms with Crippen molar-refractivity contribution in [1.29, 1.82) is 0 Å². The van der Waals surface area contributed by atoms with Crippen molar-refractivity contribution in [3.8, 4) is 0 Å². The van der Waals surface area contributed by atoms with Crippen LogP contribution in [-0.4, -0.2) is 25.6 Å². The average molecular weight is 143 g/mol. The molecule has 10 heavy (non-hydrogen) atoms. The summed E-state index contributed by atoms with van der Waals surface area (Å²) in [6.45, 7) is 9.05. The van der Waals surface area contributed by atoms with Crippen LogP contribution in [0.1, 0.15) is 13.8 Å². The molecule has 0 aliphatic heterocycles. The summed E-state index contributed by atoms with van der Waals surface area (Å²) in [4.78, 5) is 2.00. The number of methoxy groups -OCH3 is 1. The van der Waals surface area contributed by atoms with Crippen LogP contribution in [0.3, 0.4) is 0 Å². The van der Waals surface area contributed by atoms with Crippen LogP contribution in [0.15, 0.2) is 12.5 Å². The number of hydrogen-bond donors (Lipinski definition) is 0. The fraction of sp³-hybridized carbons (Fsp3) is 0.750. The third-order valence-corrected chi connectivity index (χ3v) is 1.30. The lowest BCUT2D eigenvalue weighted by atomic mass is 10.2. The van der Waals surface area contributed by atoms with Crippen LogP contribution < -0.4 is 0 Å². The Kier molecular flexibility index (Phi) is 3.93. The normalized spacial score (nSPS) is 9.70. The predicted molar refractivity (Wildman–Crippen MR) is 43.6 cm³/mol. The second-order valence-corrected chi connectivity index (χ2v) is 2.87. The van der Waals surface area contributed by atoms with Gasteiger partial charge >= 0.3 is 0 Å². The summed E-state index contributed by atoms with van der Waals surface area (Å²) in [5.74, 6) is 1.38. The average Bonchev–Trinajstić information content (AvgIpc) is 1.85. The van der Waals surface area contributed by atoms with E-state index in [4.69, 9.17) is 4.74 Å². The van der Waals surface area contributed by atoms with Crippen molar-refractivity contribution >= 4 is 0 Å². The van der Waals surface area contributed by atoms with Gasteiger partial charge in [-0.25, -0.2) is 0 Å². The first-order valence-corrected chi connectivity index (χ1v) is 3.52. The first-order chi connectivity index (χ1) is 4.57. The van der Waals surface area contributed by atoms with Gasteiger partial charge in [-0.1, -0.05) is 13.8 Å². The topological polar surface area (TPSA) is 12.5 Å². The van der Waals surface area contributed by atoms with Crippen LogP contribution in [0.4, 0.5) is 0 Å². The minimum absolute atomic E-state index is 0.650. The lowest BCUT2D eigenvalue weighted by molar-refractivity contribution is 0.166. The monoisotopic (exact) mass is 143 g/mol. The van der Waals surface area contributed by atoms with E-state index in [0.29, 0.717) is 5.92 Å². The Balaban J connectivity index is 3.61. The van der Waals surface area contributed by atoms with Crippen molar-refractivity contribution < 1.29 is 4.74 Å². The van der Waals surface area contributed by atoms with Crippen molar-refractivity contribution in [2.75, 3.05) is 20.7 Å². The van der Waals surface area contributed by atoms with Crippen LogP contribution in [-0.2, 0) is 4.74 Å². The smallest absolute Gasteiger partial charge is 0.181 e. The summed E-state index contributed by atoms with van der Waals surface area (Å²) in [5, 5.41) is 0. The van der Waals surface area contributed by atoms with Crippen molar-refractivity contribution in [1.82, 2.24) is 4.90 Å². The van der Waals surface area contributed by atoms with E-state index in [9.17, 15) is 0 Å². The van der Waals surface area contributed by atoms with E-state index >= 15 is 0 Å². The molecular formula is C8H17NO. The number of nitrogens with zero attached hydrogens (tertiary/aromatic N) is 1. The highest BCUT2D eigenvalue weighted by Crippen LogP contribution is 2.02. The van der Waals surface area contributed by atoms with Gasteiger partial charge in [0.25, 0.3) is 0 Å². The van der Waals surface area contributed by atoms with E-state index in [2.05, 4.69) is 20.4 Å². The molecule has 0 saturated carbocycles. The third-order valence-electron chi connectivity index (χ3n) is 1.30. The molecule has 0 aromatic rings. The summed E-state index contributed by atoms with van der Waals surface area (Å²) in [7, 11) is 3.62. The molecule has 0 spiro atoms. The molecule has 0 saturated heterocycles. The molecule has 0 atom stereocenters. The lowest BCUT2D eigenvalue weighted by Gasteiger charge is -2.21. The molecule has 0 unspecified atom stereocenters. The van der Waals surface area contributed by atoms with Crippen molar-refractivity contribution in [2.24, 2.45) is 5.92 Å². The van der Waals surface area contributed by atoms with Gasteiger partial charge in [-0.3, -0.25) is 0 Å². The molecule has 0 amide bonds. The highest BCUT2D eigenvalue weighted by Gasteiger charge is 2.02. The van der Waals surface area contributed by atoms with Gasteiger partial charge in [-0.05, 0) is 12.5 Å². The quantitative estimate of drug-likeness (QED) is 0.555. The lowest BCUT2D eigenvalue weighted by Crippen LogP contribution is -2.22. The summed E-state index contributed by atoms with van der Waals surface area (Å²) < 4.78 is 4.94. The Labute approximate surface area is 63.5 Å². The third kappa shape index (κ3) is 3.38. The molecule has 0 aromatic heterocycles. The van der Waals surface area contributed by atoms with E-state index in [0.717, 1.165) is 12.4 Å². The van der Waals surface area contributed by atoms with Gasteiger partial charge in [0.1, 0.15) is 0 Å². The first-order valence-electron chi connectivity index (χ1n) is 3.52. The summed E-state index contributed by atoms with van der Waals surface area (Å²) >= 11 is 0. The number of hydrogen-bond acceptors (Lipinski definition) is 2. The Morgan fingerprint density at radius 1 is 1.60 bits per heavy atom. The van der Waals surface area contributed by atoms with E-state index in [1.807, 2.05) is 11.9 Å². The second-order valence-electron chi connectivity index (χ2n) is 2.87. The first kappa shape index (κ1) is 9.34. The molecule has 2 heteroatoms. The van der Waals surface area contributed by atoms with Gasteiger partial charge in [0.15, 0.2) is 5.88 Å². The van der Waals surface area contributed by atoms with Gasteiger partial charge in [-0.2, -0.15) is 0 Å². The predicted octanol–water partition coefficient (Wildman–Crippen LogP) is 1.69. The van der Waals surface area contributed by atoms with Crippen LogP contribution in [0.25, 0.3) is 0 Å². The van der Waals surface area contributed by atoms with Gasteiger partial charge in [0, 0.05) is 13.6 Å². The van der Waals surface area contributed by atoms with Crippen LogP contribution in [0, 0.1) is 5.92 Å². The molecule has 2 nitrogen and oxygen atoms in total.